The van der Waals surface area contributed by atoms with Gasteiger partial charge in [-0.15, -0.1) is 0 Å². The monoisotopic (exact) mass is 499 g/mol. The van der Waals surface area contributed by atoms with Crippen molar-refractivity contribution >= 4 is 6.08 Å². The lowest BCUT2D eigenvalue weighted by atomic mass is 9.73. The zero-order valence-electron chi connectivity index (χ0n) is 23.4. The van der Waals surface area contributed by atoms with E-state index < -0.39 is 0 Å². The first-order valence-electron chi connectivity index (χ1n) is 14.1. The third-order valence-electron chi connectivity index (χ3n) is 8.34. The molecule has 2 aliphatic rings. The average Bonchev–Trinajstić information content (AvgIpc) is 3.30. The van der Waals surface area contributed by atoms with E-state index in [1.54, 1.807) is 0 Å². The second-order valence-corrected chi connectivity index (χ2v) is 11.6. The van der Waals surface area contributed by atoms with Crippen LogP contribution in [-0.2, 0) is 11.8 Å². The fourth-order valence-corrected chi connectivity index (χ4v) is 6.18. The van der Waals surface area contributed by atoms with Gasteiger partial charge in [0, 0.05) is 13.6 Å². The van der Waals surface area contributed by atoms with E-state index in [4.69, 9.17) is 0 Å². The molecule has 3 unspecified atom stereocenters. The highest BCUT2D eigenvalue weighted by molar-refractivity contribution is 5.78. The molecule has 3 aromatic carbocycles. The third-order valence-corrected chi connectivity index (χ3v) is 8.34. The van der Waals surface area contributed by atoms with Gasteiger partial charge in [0.15, 0.2) is 0 Å². The molecule has 1 aliphatic heterocycles. The SMILES string of the molecule is CC1/C=C\C=C/CN(C)/C=C\CC(C)(c2ccc(/C=C\C(C)c3cccc4c3Cc3ccccc3-4)cc2)C1. The Balaban J connectivity index is 1.33. The van der Waals surface area contributed by atoms with Crippen molar-refractivity contribution in [1.82, 2.24) is 4.90 Å². The molecule has 0 fully saturated rings. The summed E-state index contributed by atoms with van der Waals surface area (Å²) < 4.78 is 0. The lowest BCUT2D eigenvalue weighted by molar-refractivity contribution is 0.388. The van der Waals surface area contributed by atoms with Crippen LogP contribution in [0.3, 0.4) is 0 Å². The van der Waals surface area contributed by atoms with E-state index in [0.717, 1.165) is 25.8 Å². The first-order chi connectivity index (χ1) is 18.4. The van der Waals surface area contributed by atoms with E-state index in [1.807, 2.05) is 0 Å². The average molecular weight is 500 g/mol. The van der Waals surface area contributed by atoms with Crippen molar-refractivity contribution in [2.75, 3.05) is 13.6 Å². The Labute approximate surface area is 229 Å². The number of hydrogen-bond acceptors (Lipinski definition) is 1. The number of rotatable bonds is 4. The second kappa shape index (κ2) is 11.4. The number of fused-ring (bicyclic) bond motifs is 3. The molecule has 0 radical (unpaired) electrons. The van der Waals surface area contributed by atoms with Gasteiger partial charge in [-0.3, -0.25) is 0 Å². The zero-order valence-corrected chi connectivity index (χ0v) is 23.4. The van der Waals surface area contributed by atoms with Crippen molar-refractivity contribution in [3.05, 3.63) is 137 Å². The highest BCUT2D eigenvalue weighted by Gasteiger charge is 2.27. The van der Waals surface area contributed by atoms with Gasteiger partial charge in [-0.05, 0) is 81.7 Å². The van der Waals surface area contributed by atoms with E-state index in [1.165, 1.54) is 38.9 Å². The van der Waals surface area contributed by atoms with Crippen LogP contribution in [0.25, 0.3) is 17.2 Å². The van der Waals surface area contributed by atoms with Gasteiger partial charge in [0.1, 0.15) is 0 Å². The third kappa shape index (κ3) is 5.78. The first kappa shape index (κ1) is 26.0. The topological polar surface area (TPSA) is 3.24 Å². The number of hydrogen-bond donors (Lipinski definition) is 0. The molecule has 0 N–H and O–H groups in total. The van der Waals surface area contributed by atoms with Gasteiger partial charge in [0.2, 0.25) is 0 Å². The van der Waals surface area contributed by atoms with Crippen molar-refractivity contribution in [1.29, 1.82) is 0 Å². The summed E-state index contributed by atoms with van der Waals surface area (Å²) in [5.41, 5.74) is 9.98. The fraction of sp³-hybridized carbons (Fsp3) is 0.297. The molecular weight excluding hydrogens is 458 g/mol. The van der Waals surface area contributed by atoms with Gasteiger partial charge >= 0.3 is 0 Å². The molecule has 1 aliphatic carbocycles. The van der Waals surface area contributed by atoms with Gasteiger partial charge in [-0.1, -0.05) is 130 Å². The molecule has 0 saturated carbocycles. The minimum atomic E-state index is 0.0964. The predicted octanol–water partition coefficient (Wildman–Crippen LogP) is 9.32. The molecule has 1 nitrogen and oxygen atoms in total. The molecule has 0 saturated heterocycles. The number of benzene rings is 3. The van der Waals surface area contributed by atoms with Crippen molar-refractivity contribution in [2.24, 2.45) is 5.92 Å². The summed E-state index contributed by atoms with van der Waals surface area (Å²) in [6.45, 7) is 8.01. The molecule has 1 heterocycles. The maximum absolute atomic E-state index is 2.42. The molecule has 3 aromatic rings. The molecule has 5 rings (SSSR count). The molecular formula is C37H41N. The summed E-state index contributed by atoms with van der Waals surface area (Å²) in [6.07, 6.45) is 21.4. The summed E-state index contributed by atoms with van der Waals surface area (Å²) in [7, 11) is 2.14. The van der Waals surface area contributed by atoms with E-state index in [0.29, 0.717) is 11.8 Å². The Hall–Kier alpha value is -3.58. The Morgan fingerprint density at radius 3 is 2.55 bits per heavy atom. The maximum atomic E-state index is 2.42. The smallest absolute Gasteiger partial charge is 0.0353 e. The number of nitrogens with zero attached hydrogens (tertiary/aromatic N) is 1. The van der Waals surface area contributed by atoms with Crippen LogP contribution < -0.4 is 0 Å². The van der Waals surface area contributed by atoms with Gasteiger partial charge in [0.25, 0.3) is 0 Å². The Morgan fingerprint density at radius 1 is 0.921 bits per heavy atom. The van der Waals surface area contributed by atoms with Crippen molar-refractivity contribution in [3.8, 4) is 11.1 Å². The summed E-state index contributed by atoms with van der Waals surface area (Å²) in [4.78, 5) is 2.24. The molecule has 1 heteroatoms. The van der Waals surface area contributed by atoms with Gasteiger partial charge in [-0.25, -0.2) is 0 Å². The van der Waals surface area contributed by atoms with Gasteiger partial charge in [0.05, 0.1) is 0 Å². The Kier molecular flexibility index (Phi) is 7.84. The normalized spacial score (nSPS) is 24.6. The predicted molar refractivity (Wildman–Crippen MR) is 164 cm³/mol. The molecule has 38 heavy (non-hydrogen) atoms. The largest absolute Gasteiger partial charge is 0.377 e. The highest BCUT2D eigenvalue weighted by atomic mass is 15.1. The van der Waals surface area contributed by atoms with Crippen molar-refractivity contribution in [2.45, 2.75) is 51.4 Å². The Morgan fingerprint density at radius 2 is 1.71 bits per heavy atom. The van der Waals surface area contributed by atoms with E-state index in [2.05, 4.69) is 148 Å². The second-order valence-electron chi connectivity index (χ2n) is 11.6. The highest BCUT2D eigenvalue weighted by Crippen LogP contribution is 2.40. The van der Waals surface area contributed by atoms with Crippen LogP contribution >= 0.6 is 0 Å². The number of likely N-dealkylation sites (N-methyl/N-ethyl adjacent to an activating group) is 1. The van der Waals surface area contributed by atoms with Crippen LogP contribution in [0.15, 0.2) is 109 Å². The lowest BCUT2D eigenvalue weighted by Gasteiger charge is -2.32. The quantitative estimate of drug-likeness (QED) is 0.270. The molecule has 3 atom stereocenters. The first-order valence-corrected chi connectivity index (χ1v) is 14.1. The molecule has 0 bridgehead atoms. The van der Waals surface area contributed by atoms with Crippen LogP contribution in [0, 0.1) is 5.92 Å². The molecule has 0 amide bonds. The van der Waals surface area contributed by atoms with E-state index in [-0.39, 0.29) is 5.41 Å². The molecule has 0 spiro atoms. The molecule has 0 aromatic heterocycles. The number of allylic oxidation sites excluding steroid dienone is 5. The Bertz CT molecular complexity index is 1370. The van der Waals surface area contributed by atoms with E-state index >= 15 is 0 Å². The minimum absolute atomic E-state index is 0.0964. The van der Waals surface area contributed by atoms with Crippen LogP contribution in [0.1, 0.15) is 67.3 Å². The van der Waals surface area contributed by atoms with Gasteiger partial charge in [-0.2, -0.15) is 0 Å². The van der Waals surface area contributed by atoms with Crippen LogP contribution in [0.4, 0.5) is 0 Å². The van der Waals surface area contributed by atoms with Crippen LogP contribution in [0.5, 0.6) is 0 Å². The zero-order chi connectivity index (χ0) is 26.5. The fourth-order valence-electron chi connectivity index (χ4n) is 6.18. The summed E-state index contributed by atoms with van der Waals surface area (Å²) in [5.74, 6) is 0.890. The maximum Gasteiger partial charge on any atom is 0.0353 e. The standard InChI is InChI=1S/C37H41N/c1-28-12-6-5-9-24-38(4)25-11-23-37(3,27-28)32-21-19-30(20-22-32)18-17-29(2)33-15-10-16-35-34-14-8-7-13-31(34)26-36(33)35/h5-22,25,28-29H,23-24,26-27H2,1-4H3/b9-5-,12-6-,18-17-,25-11-. The van der Waals surface area contributed by atoms with Crippen LogP contribution in [-0.4, -0.2) is 18.5 Å². The summed E-state index contributed by atoms with van der Waals surface area (Å²) >= 11 is 0. The lowest BCUT2D eigenvalue weighted by Crippen LogP contribution is -2.24. The van der Waals surface area contributed by atoms with Gasteiger partial charge < -0.3 is 4.90 Å². The summed E-state index contributed by atoms with van der Waals surface area (Å²) in [6, 6.07) is 24.9. The van der Waals surface area contributed by atoms with Crippen molar-refractivity contribution < 1.29 is 0 Å². The van der Waals surface area contributed by atoms with Crippen molar-refractivity contribution in [3.63, 3.8) is 0 Å². The van der Waals surface area contributed by atoms with E-state index in [9.17, 15) is 0 Å². The molecule has 194 valence electrons. The van der Waals surface area contributed by atoms with Crippen LogP contribution in [0.2, 0.25) is 0 Å². The minimum Gasteiger partial charge on any atom is -0.377 e. The summed E-state index contributed by atoms with van der Waals surface area (Å²) in [5, 5.41) is 0.